The predicted octanol–water partition coefficient (Wildman–Crippen LogP) is 7.73. The Kier molecular flexibility index (Phi) is 8.89. The van der Waals surface area contributed by atoms with Crippen LogP contribution in [0.25, 0.3) is 11.1 Å². The standard InChI is InChI=1S/C26H38O2/c1-7-9-11-13-27-25-18-24(23-16-20(4)19(3)15-21(23)5)26(17-22(25)6)28-14-12-10-8-2/h15-18H,7-14H2,1-6H3. The van der Waals surface area contributed by atoms with E-state index in [0.717, 1.165) is 48.7 Å². The van der Waals surface area contributed by atoms with E-state index >= 15 is 0 Å². The number of aryl methyl sites for hydroxylation is 4. The highest BCUT2D eigenvalue weighted by atomic mass is 16.5. The summed E-state index contributed by atoms with van der Waals surface area (Å²) in [6, 6.07) is 8.90. The molecule has 0 amide bonds. The SMILES string of the molecule is CCCCCOc1cc(-c2cc(C)c(C)cc2C)c(OCCCCC)cc1C. The molecule has 0 aliphatic heterocycles. The summed E-state index contributed by atoms with van der Waals surface area (Å²) in [4.78, 5) is 0. The molecule has 2 nitrogen and oxygen atoms in total. The summed E-state index contributed by atoms with van der Waals surface area (Å²) in [6.07, 6.45) is 7.02. The second-order valence-corrected chi connectivity index (χ2v) is 7.98. The molecule has 0 spiro atoms. The fraction of sp³-hybridized carbons (Fsp3) is 0.538. The zero-order valence-electron chi connectivity index (χ0n) is 18.8. The molecule has 154 valence electrons. The molecule has 0 fully saturated rings. The third-order valence-corrected chi connectivity index (χ3v) is 5.42. The van der Waals surface area contributed by atoms with Crippen molar-refractivity contribution in [3.63, 3.8) is 0 Å². The lowest BCUT2D eigenvalue weighted by atomic mass is 9.94. The van der Waals surface area contributed by atoms with E-state index in [2.05, 4.69) is 65.8 Å². The van der Waals surface area contributed by atoms with Crippen molar-refractivity contribution in [2.45, 2.75) is 80.1 Å². The van der Waals surface area contributed by atoms with Crippen LogP contribution in [0.2, 0.25) is 0 Å². The molecule has 0 saturated carbocycles. The summed E-state index contributed by atoms with van der Waals surface area (Å²) in [7, 11) is 0. The van der Waals surface area contributed by atoms with Crippen molar-refractivity contribution in [1.29, 1.82) is 0 Å². The number of hydrogen-bond donors (Lipinski definition) is 0. The third-order valence-electron chi connectivity index (χ3n) is 5.42. The van der Waals surface area contributed by atoms with Crippen LogP contribution < -0.4 is 9.47 Å². The lowest BCUT2D eigenvalue weighted by Crippen LogP contribution is -2.03. The molecule has 0 radical (unpaired) electrons. The van der Waals surface area contributed by atoms with Crippen LogP contribution in [0.1, 0.15) is 74.6 Å². The highest BCUT2D eigenvalue weighted by Gasteiger charge is 2.15. The number of ether oxygens (including phenoxy) is 2. The zero-order valence-corrected chi connectivity index (χ0v) is 18.8. The fourth-order valence-electron chi connectivity index (χ4n) is 3.47. The fourth-order valence-corrected chi connectivity index (χ4v) is 3.47. The van der Waals surface area contributed by atoms with Crippen molar-refractivity contribution in [1.82, 2.24) is 0 Å². The molecule has 2 aromatic rings. The van der Waals surface area contributed by atoms with Crippen molar-refractivity contribution < 1.29 is 9.47 Å². The van der Waals surface area contributed by atoms with Crippen molar-refractivity contribution in [2.75, 3.05) is 13.2 Å². The summed E-state index contributed by atoms with van der Waals surface area (Å²) >= 11 is 0. The van der Waals surface area contributed by atoms with E-state index in [-0.39, 0.29) is 0 Å². The van der Waals surface area contributed by atoms with Gasteiger partial charge in [-0.15, -0.1) is 0 Å². The van der Waals surface area contributed by atoms with E-state index in [1.165, 1.54) is 47.9 Å². The number of unbranched alkanes of at least 4 members (excludes halogenated alkanes) is 4. The molecule has 2 rings (SSSR count). The molecule has 0 aliphatic rings. The molecular formula is C26H38O2. The molecule has 0 unspecified atom stereocenters. The van der Waals surface area contributed by atoms with Crippen molar-refractivity contribution >= 4 is 0 Å². The Labute approximate surface area is 172 Å². The van der Waals surface area contributed by atoms with Gasteiger partial charge in [-0.1, -0.05) is 51.7 Å². The molecule has 28 heavy (non-hydrogen) atoms. The van der Waals surface area contributed by atoms with Crippen LogP contribution in [0.5, 0.6) is 11.5 Å². The molecule has 0 aromatic heterocycles. The van der Waals surface area contributed by atoms with E-state index in [4.69, 9.17) is 9.47 Å². The van der Waals surface area contributed by atoms with Crippen molar-refractivity contribution in [3.05, 3.63) is 46.5 Å². The smallest absolute Gasteiger partial charge is 0.127 e. The minimum Gasteiger partial charge on any atom is -0.493 e. The van der Waals surface area contributed by atoms with Crippen molar-refractivity contribution in [2.24, 2.45) is 0 Å². The molecule has 0 heterocycles. The molecule has 0 atom stereocenters. The van der Waals surface area contributed by atoms with Gasteiger partial charge in [0.15, 0.2) is 0 Å². The van der Waals surface area contributed by atoms with Crippen LogP contribution in [0.3, 0.4) is 0 Å². The van der Waals surface area contributed by atoms with Crippen LogP contribution in [-0.4, -0.2) is 13.2 Å². The van der Waals surface area contributed by atoms with Gasteiger partial charge in [0, 0.05) is 5.56 Å². The Morgan fingerprint density at radius 1 is 0.536 bits per heavy atom. The Balaban J connectivity index is 2.38. The first-order chi connectivity index (χ1) is 13.5. The lowest BCUT2D eigenvalue weighted by molar-refractivity contribution is 0.297. The van der Waals surface area contributed by atoms with Crippen molar-refractivity contribution in [3.8, 4) is 22.6 Å². The van der Waals surface area contributed by atoms with Gasteiger partial charge in [-0.05, 0) is 80.5 Å². The Hall–Kier alpha value is -1.96. The van der Waals surface area contributed by atoms with Gasteiger partial charge in [0.05, 0.1) is 13.2 Å². The summed E-state index contributed by atoms with van der Waals surface area (Å²) in [5, 5.41) is 0. The predicted molar refractivity (Wildman–Crippen MR) is 121 cm³/mol. The first-order valence-electron chi connectivity index (χ1n) is 11.0. The number of benzene rings is 2. The summed E-state index contributed by atoms with van der Waals surface area (Å²) in [5.74, 6) is 1.95. The van der Waals surface area contributed by atoms with Crippen LogP contribution in [0, 0.1) is 27.7 Å². The second-order valence-electron chi connectivity index (χ2n) is 7.98. The highest BCUT2D eigenvalue weighted by molar-refractivity contribution is 5.76. The van der Waals surface area contributed by atoms with E-state index in [9.17, 15) is 0 Å². The maximum atomic E-state index is 6.24. The monoisotopic (exact) mass is 382 g/mol. The van der Waals surface area contributed by atoms with Gasteiger partial charge in [0.1, 0.15) is 11.5 Å². The Bertz CT molecular complexity index is 762. The van der Waals surface area contributed by atoms with Gasteiger partial charge in [0.2, 0.25) is 0 Å². The van der Waals surface area contributed by atoms with Gasteiger partial charge in [-0.3, -0.25) is 0 Å². The van der Waals surface area contributed by atoms with Crippen LogP contribution in [0.4, 0.5) is 0 Å². The van der Waals surface area contributed by atoms with Gasteiger partial charge >= 0.3 is 0 Å². The van der Waals surface area contributed by atoms with Crippen LogP contribution >= 0.6 is 0 Å². The molecule has 2 aromatic carbocycles. The zero-order chi connectivity index (χ0) is 20.5. The second kappa shape index (κ2) is 11.1. The molecule has 0 aliphatic carbocycles. The molecule has 0 saturated heterocycles. The normalized spacial score (nSPS) is 10.9. The lowest BCUT2D eigenvalue weighted by Gasteiger charge is -2.18. The van der Waals surface area contributed by atoms with Gasteiger partial charge < -0.3 is 9.47 Å². The minimum atomic E-state index is 0.765. The van der Waals surface area contributed by atoms with Crippen LogP contribution in [0.15, 0.2) is 24.3 Å². The summed E-state index contributed by atoms with van der Waals surface area (Å²) in [6.45, 7) is 14.6. The minimum absolute atomic E-state index is 0.765. The third kappa shape index (κ3) is 6.02. The first kappa shape index (κ1) is 22.3. The number of hydrogen-bond acceptors (Lipinski definition) is 2. The molecule has 2 heteroatoms. The molecular weight excluding hydrogens is 344 g/mol. The maximum absolute atomic E-state index is 6.24. The maximum Gasteiger partial charge on any atom is 0.127 e. The van der Waals surface area contributed by atoms with E-state index in [1.54, 1.807) is 0 Å². The van der Waals surface area contributed by atoms with E-state index in [1.807, 2.05) is 0 Å². The first-order valence-corrected chi connectivity index (χ1v) is 11.0. The van der Waals surface area contributed by atoms with Gasteiger partial charge in [-0.2, -0.15) is 0 Å². The van der Waals surface area contributed by atoms with Gasteiger partial charge in [-0.25, -0.2) is 0 Å². The largest absolute Gasteiger partial charge is 0.493 e. The van der Waals surface area contributed by atoms with E-state index < -0.39 is 0 Å². The molecule has 0 N–H and O–H groups in total. The van der Waals surface area contributed by atoms with E-state index in [0.29, 0.717) is 0 Å². The molecule has 0 bridgehead atoms. The Morgan fingerprint density at radius 3 is 1.71 bits per heavy atom. The average molecular weight is 383 g/mol. The quantitative estimate of drug-likeness (QED) is 0.370. The highest BCUT2D eigenvalue weighted by Crippen LogP contribution is 2.38. The number of rotatable bonds is 11. The van der Waals surface area contributed by atoms with Crippen LogP contribution in [-0.2, 0) is 0 Å². The van der Waals surface area contributed by atoms with Gasteiger partial charge in [0.25, 0.3) is 0 Å². The summed E-state index contributed by atoms with van der Waals surface area (Å²) in [5.41, 5.74) is 7.45. The topological polar surface area (TPSA) is 18.5 Å². The Morgan fingerprint density at radius 2 is 1.11 bits per heavy atom. The average Bonchev–Trinajstić information content (AvgIpc) is 2.67. The summed E-state index contributed by atoms with van der Waals surface area (Å²) < 4.78 is 12.4.